The molecule has 1 atom stereocenters. The van der Waals surface area contributed by atoms with Crippen molar-refractivity contribution < 1.29 is 0 Å². The van der Waals surface area contributed by atoms with Gasteiger partial charge in [0, 0.05) is 12.4 Å². The van der Waals surface area contributed by atoms with Crippen molar-refractivity contribution in [3.63, 3.8) is 0 Å². The third kappa shape index (κ3) is 2.00. The molecule has 0 saturated carbocycles. The first kappa shape index (κ1) is 10.5. The van der Waals surface area contributed by atoms with Crippen LogP contribution >= 0.6 is 23.2 Å². The molecule has 0 fully saturated rings. The number of aromatic amines is 1. The maximum atomic E-state index is 6.05. The zero-order chi connectivity index (χ0) is 10.8. The zero-order valence-electron chi connectivity index (χ0n) is 7.74. The van der Waals surface area contributed by atoms with Crippen LogP contribution < -0.4 is 5.73 Å². The molecule has 0 aliphatic carbocycles. The van der Waals surface area contributed by atoms with Gasteiger partial charge in [-0.3, -0.25) is 0 Å². The molecule has 0 bridgehead atoms. The fraction of sp³-hybridized carbons (Fsp3) is 0.100. The Labute approximate surface area is 97.2 Å². The van der Waals surface area contributed by atoms with E-state index in [-0.39, 0.29) is 6.04 Å². The van der Waals surface area contributed by atoms with Gasteiger partial charge in [-0.05, 0) is 11.6 Å². The molecular formula is C10H9Cl2N3. The smallest absolute Gasteiger partial charge is 0.127 e. The molecule has 0 saturated heterocycles. The Morgan fingerprint density at radius 2 is 2.13 bits per heavy atom. The van der Waals surface area contributed by atoms with Crippen molar-refractivity contribution in [1.29, 1.82) is 0 Å². The van der Waals surface area contributed by atoms with E-state index >= 15 is 0 Å². The summed E-state index contributed by atoms with van der Waals surface area (Å²) in [5.74, 6) is 0.666. The number of nitrogens with one attached hydrogen (secondary N) is 1. The highest BCUT2D eigenvalue weighted by atomic mass is 35.5. The number of halogens is 2. The second-order valence-electron chi connectivity index (χ2n) is 3.10. The van der Waals surface area contributed by atoms with Crippen molar-refractivity contribution >= 4 is 23.2 Å². The van der Waals surface area contributed by atoms with Gasteiger partial charge in [0.2, 0.25) is 0 Å². The van der Waals surface area contributed by atoms with Gasteiger partial charge in [0.05, 0.1) is 16.1 Å². The van der Waals surface area contributed by atoms with E-state index < -0.39 is 0 Å². The van der Waals surface area contributed by atoms with Gasteiger partial charge in [0.15, 0.2) is 0 Å². The van der Waals surface area contributed by atoms with Crippen LogP contribution in [0.2, 0.25) is 10.0 Å². The summed E-state index contributed by atoms with van der Waals surface area (Å²) in [6.45, 7) is 0. The Balaban J connectivity index is 2.42. The highest BCUT2D eigenvalue weighted by Crippen LogP contribution is 2.30. The van der Waals surface area contributed by atoms with Crippen LogP contribution in [-0.4, -0.2) is 9.97 Å². The molecule has 0 radical (unpaired) electrons. The van der Waals surface area contributed by atoms with Gasteiger partial charge >= 0.3 is 0 Å². The van der Waals surface area contributed by atoms with E-state index in [9.17, 15) is 0 Å². The largest absolute Gasteiger partial charge is 0.347 e. The minimum Gasteiger partial charge on any atom is -0.347 e. The maximum absolute atomic E-state index is 6.05. The van der Waals surface area contributed by atoms with E-state index in [0.29, 0.717) is 15.9 Å². The number of hydrogen-bond acceptors (Lipinski definition) is 2. The molecular weight excluding hydrogens is 233 g/mol. The summed E-state index contributed by atoms with van der Waals surface area (Å²) in [7, 11) is 0. The number of nitrogens with zero attached hydrogens (tertiary/aromatic N) is 1. The lowest BCUT2D eigenvalue weighted by Crippen LogP contribution is -2.14. The molecule has 3 nitrogen and oxygen atoms in total. The Kier molecular flexibility index (Phi) is 2.95. The van der Waals surface area contributed by atoms with Gasteiger partial charge in [0.1, 0.15) is 5.82 Å². The van der Waals surface area contributed by atoms with E-state index in [4.69, 9.17) is 28.9 Å². The minimum atomic E-state index is -0.383. The van der Waals surface area contributed by atoms with E-state index in [2.05, 4.69) is 9.97 Å². The van der Waals surface area contributed by atoms with Gasteiger partial charge in [-0.1, -0.05) is 35.3 Å². The van der Waals surface area contributed by atoms with Gasteiger partial charge < -0.3 is 10.7 Å². The molecule has 1 unspecified atom stereocenters. The molecule has 1 heterocycles. The summed E-state index contributed by atoms with van der Waals surface area (Å²) < 4.78 is 0. The lowest BCUT2D eigenvalue weighted by Gasteiger charge is -2.11. The third-order valence-electron chi connectivity index (χ3n) is 2.13. The first-order valence-corrected chi connectivity index (χ1v) is 5.14. The van der Waals surface area contributed by atoms with E-state index in [1.165, 1.54) is 0 Å². The van der Waals surface area contributed by atoms with Crippen LogP contribution in [0.5, 0.6) is 0 Å². The van der Waals surface area contributed by atoms with Crippen LogP contribution in [0.1, 0.15) is 17.4 Å². The lowest BCUT2D eigenvalue weighted by molar-refractivity contribution is 0.801. The van der Waals surface area contributed by atoms with Crippen molar-refractivity contribution in [2.45, 2.75) is 6.04 Å². The first-order valence-electron chi connectivity index (χ1n) is 4.39. The van der Waals surface area contributed by atoms with Crippen molar-refractivity contribution in [3.05, 3.63) is 52.0 Å². The van der Waals surface area contributed by atoms with Crippen molar-refractivity contribution in [3.8, 4) is 0 Å². The summed E-state index contributed by atoms with van der Waals surface area (Å²) in [4.78, 5) is 7.03. The normalized spacial score (nSPS) is 12.7. The molecule has 0 aliphatic heterocycles. The number of aromatic nitrogens is 2. The predicted molar refractivity (Wildman–Crippen MR) is 61.1 cm³/mol. The van der Waals surface area contributed by atoms with Crippen LogP contribution in [0.4, 0.5) is 0 Å². The van der Waals surface area contributed by atoms with E-state index in [1.54, 1.807) is 18.5 Å². The number of benzene rings is 1. The van der Waals surface area contributed by atoms with E-state index in [0.717, 1.165) is 5.56 Å². The summed E-state index contributed by atoms with van der Waals surface area (Å²) >= 11 is 12.0. The molecule has 2 aromatic rings. The number of rotatable bonds is 2. The molecule has 0 spiro atoms. The highest BCUT2D eigenvalue weighted by Gasteiger charge is 2.15. The SMILES string of the molecule is NC(c1ncc[nH]1)c1cccc(Cl)c1Cl. The highest BCUT2D eigenvalue weighted by molar-refractivity contribution is 6.42. The van der Waals surface area contributed by atoms with Crippen LogP contribution in [0, 0.1) is 0 Å². The molecule has 0 aliphatic rings. The average Bonchev–Trinajstić information content (AvgIpc) is 2.74. The molecule has 78 valence electrons. The predicted octanol–water partition coefficient (Wildman–Crippen LogP) is 2.76. The maximum Gasteiger partial charge on any atom is 0.127 e. The first-order chi connectivity index (χ1) is 7.20. The monoisotopic (exact) mass is 241 g/mol. The van der Waals surface area contributed by atoms with E-state index in [1.807, 2.05) is 12.1 Å². The second kappa shape index (κ2) is 4.23. The van der Waals surface area contributed by atoms with Crippen molar-refractivity contribution in [1.82, 2.24) is 9.97 Å². The summed E-state index contributed by atoms with van der Waals surface area (Å²) in [5.41, 5.74) is 6.76. The molecule has 5 heteroatoms. The Hall–Kier alpha value is -1.03. The molecule has 1 aromatic carbocycles. The third-order valence-corrected chi connectivity index (χ3v) is 2.96. The van der Waals surface area contributed by atoms with Gasteiger partial charge in [-0.25, -0.2) is 4.98 Å². The summed E-state index contributed by atoms with van der Waals surface area (Å²) in [6.07, 6.45) is 3.36. The van der Waals surface area contributed by atoms with Gasteiger partial charge in [-0.2, -0.15) is 0 Å². The number of imidazole rings is 1. The number of nitrogens with two attached hydrogens (primary N) is 1. The number of H-pyrrole nitrogens is 1. The molecule has 2 rings (SSSR count). The Morgan fingerprint density at radius 1 is 1.33 bits per heavy atom. The fourth-order valence-corrected chi connectivity index (χ4v) is 1.78. The van der Waals surface area contributed by atoms with Crippen molar-refractivity contribution in [2.24, 2.45) is 5.73 Å². The van der Waals surface area contributed by atoms with Gasteiger partial charge in [-0.15, -0.1) is 0 Å². The number of hydrogen-bond donors (Lipinski definition) is 2. The standard InChI is InChI=1S/C10H9Cl2N3/c11-7-3-1-2-6(8(7)12)9(13)10-14-4-5-15-10/h1-5,9H,13H2,(H,14,15). The van der Waals surface area contributed by atoms with Crippen LogP contribution in [0.3, 0.4) is 0 Å². The molecule has 3 N–H and O–H groups in total. The fourth-order valence-electron chi connectivity index (χ4n) is 1.36. The summed E-state index contributed by atoms with van der Waals surface area (Å²) in [5, 5.41) is 0.972. The van der Waals surface area contributed by atoms with Crippen LogP contribution in [-0.2, 0) is 0 Å². The minimum absolute atomic E-state index is 0.383. The van der Waals surface area contributed by atoms with Crippen LogP contribution in [0.25, 0.3) is 0 Å². The molecule has 1 aromatic heterocycles. The average molecular weight is 242 g/mol. The van der Waals surface area contributed by atoms with Gasteiger partial charge in [0.25, 0.3) is 0 Å². The molecule has 15 heavy (non-hydrogen) atoms. The Morgan fingerprint density at radius 3 is 2.80 bits per heavy atom. The zero-order valence-corrected chi connectivity index (χ0v) is 9.26. The topological polar surface area (TPSA) is 54.7 Å². The summed E-state index contributed by atoms with van der Waals surface area (Å²) in [6, 6.07) is 4.99. The quantitative estimate of drug-likeness (QED) is 0.850. The lowest BCUT2D eigenvalue weighted by atomic mass is 10.1. The Bertz CT molecular complexity index is 454. The molecule has 0 amide bonds. The van der Waals surface area contributed by atoms with Crippen LogP contribution in [0.15, 0.2) is 30.6 Å². The second-order valence-corrected chi connectivity index (χ2v) is 3.88. The van der Waals surface area contributed by atoms with Crippen molar-refractivity contribution in [2.75, 3.05) is 0 Å².